The Hall–Kier alpha value is -1.22. The highest BCUT2D eigenvalue weighted by atomic mass is 35.5. The lowest BCUT2D eigenvalue weighted by Crippen LogP contribution is -2.54. The van der Waals surface area contributed by atoms with Crippen LogP contribution < -0.4 is 10.6 Å². The van der Waals surface area contributed by atoms with Crippen molar-refractivity contribution in [2.75, 3.05) is 6.54 Å². The minimum Gasteiger partial charge on any atom is -0.338 e. The molecule has 2 amide bonds. The Morgan fingerprint density at radius 1 is 1.31 bits per heavy atom. The third kappa shape index (κ3) is 2.14. The van der Waals surface area contributed by atoms with Gasteiger partial charge < -0.3 is 10.6 Å². The van der Waals surface area contributed by atoms with Gasteiger partial charge in [-0.05, 0) is 17.7 Å². The summed E-state index contributed by atoms with van der Waals surface area (Å²) >= 11 is 5.85. The van der Waals surface area contributed by atoms with E-state index in [0.717, 1.165) is 5.56 Å². The van der Waals surface area contributed by atoms with Crippen molar-refractivity contribution in [1.82, 2.24) is 10.6 Å². The standard InChI is InChI=1S/C12H15ClN2O/c1-12(2)7-14-11(16)15-10(12)8-3-5-9(13)6-4-8/h3-6,10H,7H2,1-2H3,(H2,14,15,16)/t10-/m1/s1. The lowest BCUT2D eigenvalue weighted by Gasteiger charge is -2.39. The van der Waals surface area contributed by atoms with Gasteiger partial charge in [0.2, 0.25) is 0 Å². The van der Waals surface area contributed by atoms with Gasteiger partial charge in [-0.1, -0.05) is 37.6 Å². The molecule has 0 bridgehead atoms. The Morgan fingerprint density at radius 3 is 2.56 bits per heavy atom. The van der Waals surface area contributed by atoms with Crippen molar-refractivity contribution in [3.63, 3.8) is 0 Å². The number of hydrogen-bond donors (Lipinski definition) is 2. The molecular weight excluding hydrogens is 224 g/mol. The first kappa shape index (κ1) is 11.3. The molecule has 1 aromatic rings. The molecular formula is C12H15ClN2O. The van der Waals surface area contributed by atoms with E-state index in [4.69, 9.17) is 11.6 Å². The van der Waals surface area contributed by atoms with E-state index in [9.17, 15) is 4.79 Å². The van der Waals surface area contributed by atoms with Crippen molar-refractivity contribution < 1.29 is 4.79 Å². The molecule has 2 N–H and O–H groups in total. The van der Waals surface area contributed by atoms with E-state index in [-0.39, 0.29) is 17.5 Å². The SMILES string of the molecule is CC1(C)CNC(=O)N[C@@H]1c1ccc(Cl)cc1. The van der Waals surface area contributed by atoms with E-state index >= 15 is 0 Å². The minimum atomic E-state index is -0.112. The van der Waals surface area contributed by atoms with Gasteiger partial charge in [-0.2, -0.15) is 0 Å². The van der Waals surface area contributed by atoms with E-state index in [1.54, 1.807) is 0 Å². The molecule has 4 heteroatoms. The fourth-order valence-electron chi connectivity index (χ4n) is 1.98. The van der Waals surface area contributed by atoms with E-state index in [2.05, 4.69) is 24.5 Å². The number of halogens is 1. The highest BCUT2D eigenvalue weighted by Crippen LogP contribution is 2.34. The molecule has 3 nitrogen and oxygen atoms in total. The monoisotopic (exact) mass is 238 g/mol. The molecule has 86 valence electrons. The number of amides is 2. The van der Waals surface area contributed by atoms with E-state index in [1.807, 2.05) is 24.3 Å². The highest BCUT2D eigenvalue weighted by molar-refractivity contribution is 6.30. The number of rotatable bonds is 1. The lowest BCUT2D eigenvalue weighted by atomic mass is 9.79. The lowest BCUT2D eigenvalue weighted by molar-refractivity contribution is 0.179. The number of nitrogens with one attached hydrogen (secondary N) is 2. The van der Waals surface area contributed by atoms with Crippen LogP contribution in [-0.4, -0.2) is 12.6 Å². The van der Waals surface area contributed by atoms with Gasteiger partial charge in [0, 0.05) is 17.0 Å². The number of carbonyl (C=O) groups is 1. The fraction of sp³-hybridized carbons (Fsp3) is 0.417. The summed E-state index contributed by atoms with van der Waals surface area (Å²) in [6, 6.07) is 7.53. The van der Waals surface area contributed by atoms with Crippen LogP contribution in [0.15, 0.2) is 24.3 Å². The molecule has 2 rings (SSSR count). The zero-order valence-electron chi connectivity index (χ0n) is 9.38. The Balaban J connectivity index is 2.30. The third-order valence-corrected chi connectivity index (χ3v) is 3.22. The summed E-state index contributed by atoms with van der Waals surface area (Å²) in [6.07, 6.45) is 0. The van der Waals surface area contributed by atoms with Crippen LogP contribution in [0.4, 0.5) is 4.79 Å². The van der Waals surface area contributed by atoms with Crippen LogP contribution in [0.5, 0.6) is 0 Å². The molecule has 0 unspecified atom stereocenters. The third-order valence-electron chi connectivity index (χ3n) is 2.96. The molecule has 1 atom stereocenters. The molecule has 0 aliphatic carbocycles. The first-order chi connectivity index (χ1) is 7.49. The average molecular weight is 239 g/mol. The van der Waals surface area contributed by atoms with Crippen LogP contribution in [-0.2, 0) is 0 Å². The molecule has 1 saturated heterocycles. The fourth-order valence-corrected chi connectivity index (χ4v) is 2.10. The van der Waals surface area contributed by atoms with Crippen molar-refractivity contribution in [3.05, 3.63) is 34.9 Å². The Kier molecular flexibility index (Phi) is 2.80. The Bertz CT molecular complexity index is 400. The first-order valence-electron chi connectivity index (χ1n) is 5.29. The average Bonchev–Trinajstić information content (AvgIpc) is 2.23. The van der Waals surface area contributed by atoms with E-state index in [1.165, 1.54) is 0 Å². The number of benzene rings is 1. The Morgan fingerprint density at radius 2 is 1.94 bits per heavy atom. The predicted octanol–water partition coefficient (Wildman–Crippen LogP) is 2.72. The topological polar surface area (TPSA) is 41.1 Å². The molecule has 16 heavy (non-hydrogen) atoms. The van der Waals surface area contributed by atoms with Crippen molar-refractivity contribution in [2.24, 2.45) is 5.41 Å². The van der Waals surface area contributed by atoms with Crippen LogP contribution in [0.25, 0.3) is 0 Å². The van der Waals surface area contributed by atoms with Gasteiger partial charge >= 0.3 is 6.03 Å². The van der Waals surface area contributed by atoms with Gasteiger partial charge in [0.15, 0.2) is 0 Å². The van der Waals surface area contributed by atoms with Gasteiger partial charge in [0.1, 0.15) is 0 Å². The van der Waals surface area contributed by atoms with Gasteiger partial charge in [-0.15, -0.1) is 0 Å². The van der Waals surface area contributed by atoms with Crippen molar-refractivity contribution in [3.8, 4) is 0 Å². The molecule has 1 aliphatic heterocycles. The van der Waals surface area contributed by atoms with Crippen LogP contribution in [0.3, 0.4) is 0 Å². The van der Waals surface area contributed by atoms with Gasteiger partial charge in [-0.3, -0.25) is 0 Å². The highest BCUT2D eigenvalue weighted by Gasteiger charge is 2.36. The van der Waals surface area contributed by atoms with Gasteiger partial charge in [0.05, 0.1) is 6.04 Å². The number of carbonyl (C=O) groups excluding carboxylic acids is 1. The summed E-state index contributed by atoms with van der Waals surface area (Å²) in [5.74, 6) is 0. The summed E-state index contributed by atoms with van der Waals surface area (Å²) < 4.78 is 0. The maximum atomic E-state index is 11.4. The molecule has 1 heterocycles. The number of urea groups is 1. The zero-order valence-corrected chi connectivity index (χ0v) is 10.1. The first-order valence-corrected chi connectivity index (χ1v) is 5.67. The van der Waals surface area contributed by atoms with E-state index < -0.39 is 0 Å². The number of hydrogen-bond acceptors (Lipinski definition) is 1. The normalized spacial score (nSPS) is 23.4. The van der Waals surface area contributed by atoms with Crippen LogP contribution in [0.2, 0.25) is 5.02 Å². The summed E-state index contributed by atoms with van der Waals surface area (Å²) in [7, 11) is 0. The quantitative estimate of drug-likeness (QED) is 0.776. The van der Waals surface area contributed by atoms with Gasteiger partial charge in [0.25, 0.3) is 0 Å². The second-order valence-electron chi connectivity index (χ2n) is 4.80. The minimum absolute atomic E-state index is 0.0122. The summed E-state index contributed by atoms with van der Waals surface area (Å²) in [6.45, 7) is 4.92. The maximum Gasteiger partial charge on any atom is 0.315 e. The Labute approximate surface area is 100 Å². The summed E-state index contributed by atoms with van der Waals surface area (Å²) in [5.41, 5.74) is 1.08. The van der Waals surface area contributed by atoms with Crippen molar-refractivity contribution in [2.45, 2.75) is 19.9 Å². The van der Waals surface area contributed by atoms with Crippen molar-refractivity contribution >= 4 is 17.6 Å². The summed E-state index contributed by atoms with van der Waals surface area (Å²) in [4.78, 5) is 11.4. The second-order valence-corrected chi connectivity index (χ2v) is 5.24. The van der Waals surface area contributed by atoms with Gasteiger partial charge in [-0.25, -0.2) is 4.79 Å². The summed E-state index contributed by atoms with van der Waals surface area (Å²) in [5, 5.41) is 6.47. The molecule has 0 spiro atoms. The van der Waals surface area contributed by atoms with Crippen LogP contribution in [0.1, 0.15) is 25.5 Å². The van der Waals surface area contributed by atoms with Crippen LogP contribution in [0, 0.1) is 5.41 Å². The van der Waals surface area contributed by atoms with E-state index in [0.29, 0.717) is 11.6 Å². The molecule has 1 fully saturated rings. The molecule has 0 aromatic heterocycles. The molecule has 0 saturated carbocycles. The molecule has 0 radical (unpaired) electrons. The smallest absolute Gasteiger partial charge is 0.315 e. The molecule has 1 aliphatic rings. The maximum absolute atomic E-state index is 11.4. The predicted molar refractivity (Wildman–Crippen MR) is 64.5 cm³/mol. The van der Waals surface area contributed by atoms with Crippen molar-refractivity contribution in [1.29, 1.82) is 0 Å². The second kappa shape index (κ2) is 3.98. The largest absolute Gasteiger partial charge is 0.338 e. The van der Waals surface area contributed by atoms with Crippen LogP contribution >= 0.6 is 11.6 Å². The molecule has 1 aromatic carbocycles. The zero-order chi connectivity index (χ0) is 11.8.